The van der Waals surface area contributed by atoms with E-state index in [9.17, 15) is 4.79 Å². The zero-order valence-electron chi connectivity index (χ0n) is 15.6. The van der Waals surface area contributed by atoms with Crippen LogP contribution in [0, 0.1) is 0 Å². The normalized spacial score (nSPS) is 19.9. The molecule has 0 radical (unpaired) electrons. The monoisotopic (exact) mass is 378 g/mol. The molecule has 1 atom stereocenters. The molecule has 3 aromatic heterocycles. The van der Waals surface area contributed by atoms with E-state index in [4.69, 9.17) is 4.42 Å². The Kier molecular flexibility index (Phi) is 4.48. The summed E-state index contributed by atoms with van der Waals surface area (Å²) in [5.74, 6) is 1.90. The van der Waals surface area contributed by atoms with E-state index in [1.165, 1.54) is 0 Å². The Hall–Kier alpha value is -2.87. The topological polar surface area (TPSA) is 89.9 Å². The van der Waals surface area contributed by atoms with E-state index in [-0.39, 0.29) is 11.6 Å². The zero-order chi connectivity index (χ0) is 18.9. The number of likely N-dealkylation sites (tertiary alicyclic amines) is 1. The van der Waals surface area contributed by atoms with Crippen molar-refractivity contribution >= 4 is 0 Å². The predicted molar refractivity (Wildman–Crippen MR) is 101 cm³/mol. The van der Waals surface area contributed by atoms with Crippen molar-refractivity contribution in [2.45, 2.75) is 50.7 Å². The highest BCUT2D eigenvalue weighted by molar-refractivity contribution is 5.56. The van der Waals surface area contributed by atoms with Crippen LogP contribution in [-0.2, 0) is 13.1 Å². The number of hydrogen-bond donors (Lipinski definition) is 0. The highest BCUT2D eigenvalue weighted by Crippen LogP contribution is 2.39. The van der Waals surface area contributed by atoms with Crippen LogP contribution in [0.4, 0.5) is 0 Å². The third-order valence-electron chi connectivity index (χ3n) is 5.45. The molecule has 1 aliphatic heterocycles. The summed E-state index contributed by atoms with van der Waals surface area (Å²) in [7, 11) is 0. The molecular formula is C20H22N6O2. The van der Waals surface area contributed by atoms with E-state index in [0.717, 1.165) is 49.4 Å². The molecule has 0 N–H and O–H groups in total. The lowest BCUT2D eigenvalue weighted by Crippen LogP contribution is -2.36. The Morgan fingerprint density at radius 1 is 1.14 bits per heavy atom. The molecule has 1 aliphatic carbocycles. The van der Waals surface area contributed by atoms with Crippen molar-refractivity contribution in [3.05, 3.63) is 58.8 Å². The minimum atomic E-state index is -0.0895. The maximum atomic E-state index is 12.4. The van der Waals surface area contributed by atoms with Gasteiger partial charge < -0.3 is 4.42 Å². The first-order valence-corrected chi connectivity index (χ1v) is 9.81. The lowest BCUT2D eigenvalue weighted by atomic mass is 10.2. The molecule has 144 valence electrons. The van der Waals surface area contributed by atoms with Gasteiger partial charge in [-0.2, -0.15) is 5.10 Å². The van der Waals surface area contributed by atoms with Gasteiger partial charge in [0, 0.05) is 36.0 Å². The van der Waals surface area contributed by atoms with Crippen molar-refractivity contribution in [1.82, 2.24) is 29.9 Å². The molecule has 1 saturated heterocycles. The van der Waals surface area contributed by atoms with Crippen LogP contribution in [0.25, 0.3) is 11.3 Å². The van der Waals surface area contributed by atoms with E-state index < -0.39 is 0 Å². The Morgan fingerprint density at radius 3 is 2.89 bits per heavy atom. The van der Waals surface area contributed by atoms with E-state index in [0.29, 0.717) is 24.9 Å². The molecular weight excluding hydrogens is 356 g/mol. The first-order valence-electron chi connectivity index (χ1n) is 9.81. The molecule has 4 heterocycles. The second-order valence-electron chi connectivity index (χ2n) is 7.56. The first kappa shape index (κ1) is 17.2. The Balaban J connectivity index is 1.32. The van der Waals surface area contributed by atoms with Crippen LogP contribution < -0.4 is 5.56 Å². The second-order valence-corrected chi connectivity index (χ2v) is 7.56. The van der Waals surface area contributed by atoms with Gasteiger partial charge in [0.05, 0.1) is 18.8 Å². The van der Waals surface area contributed by atoms with Gasteiger partial charge in [0.25, 0.3) is 5.56 Å². The molecule has 5 rings (SSSR count). The summed E-state index contributed by atoms with van der Waals surface area (Å²) in [6.07, 6.45) is 7.89. The second kappa shape index (κ2) is 7.27. The summed E-state index contributed by atoms with van der Waals surface area (Å²) in [5.41, 5.74) is 1.56. The first-order chi connectivity index (χ1) is 13.8. The fourth-order valence-corrected chi connectivity index (χ4v) is 3.76. The van der Waals surface area contributed by atoms with Gasteiger partial charge in [-0.05, 0) is 50.4 Å². The van der Waals surface area contributed by atoms with Crippen LogP contribution in [-0.4, -0.2) is 42.4 Å². The van der Waals surface area contributed by atoms with E-state index in [2.05, 4.69) is 25.2 Å². The van der Waals surface area contributed by atoms with Crippen molar-refractivity contribution in [2.24, 2.45) is 0 Å². The number of nitrogens with zero attached hydrogens (tertiary/aromatic N) is 6. The van der Waals surface area contributed by atoms with Crippen LogP contribution in [0.1, 0.15) is 43.4 Å². The fraction of sp³-hybridized carbons (Fsp3) is 0.450. The molecule has 8 heteroatoms. The van der Waals surface area contributed by atoms with Crippen LogP contribution in [0.2, 0.25) is 0 Å². The number of pyridine rings is 1. The molecule has 0 bridgehead atoms. The van der Waals surface area contributed by atoms with Gasteiger partial charge in [-0.15, -0.1) is 10.2 Å². The van der Waals surface area contributed by atoms with E-state index >= 15 is 0 Å². The van der Waals surface area contributed by atoms with E-state index in [1.54, 1.807) is 29.2 Å². The van der Waals surface area contributed by atoms with Crippen molar-refractivity contribution < 1.29 is 4.42 Å². The number of hydrogen-bond acceptors (Lipinski definition) is 7. The summed E-state index contributed by atoms with van der Waals surface area (Å²) in [6, 6.07) is 7.37. The molecule has 8 nitrogen and oxygen atoms in total. The van der Waals surface area contributed by atoms with Gasteiger partial charge in [0.1, 0.15) is 0 Å². The Labute approximate surface area is 162 Å². The van der Waals surface area contributed by atoms with Crippen LogP contribution in [0.3, 0.4) is 0 Å². The largest absolute Gasteiger partial charge is 0.424 e. The van der Waals surface area contributed by atoms with Gasteiger partial charge in [0.2, 0.25) is 11.8 Å². The molecule has 2 aliphatic rings. The quantitative estimate of drug-likeness (QED) is 0.650. The number of aromatic nitrogens is 5. The molecule has 2 fully saturated rings. The van der Waals surface area contributed by atoms with Crippen molar-refractivity contribution in [3.8, 4) is 11.3 Å². The molecule has 1 saturated carbocycles. The maximum Gasteiger partial charge on any atom is 0.266 e. The average Bonchev–Trinajstić information content (AvgIpc) is 3.32. The molecule has 1 unspecified atom stereocenters. The summed E-state index contributed by atoms with van der Waals surface area (Å²) >= 11 is 0. The van der Waals surface area contributed by atoms with Gasteiger partial charge in [-0.3, -0.25) is 14.7 Å². The van der Waals surface area contributed by atoms with Gasteiger partial charge in [-0.25, -0.2) is 4.68 Å². The lowest BCUT2D eigenvalue weighted by Gasteiger charge is -2.23. The molecule has 0 spiro atoms. The highest BCUT2D eigenvalue weighted by atomic mass is 16.4. The van der Waals surface area contributed by atoms with Gasteiger partial charge in [-0.1, -0.05) is 0 Å². The Morgan fingerprint density at radius 2 is 2.07 bits per heavy atom. The minimum Gasteiger partial charge on any atom is -0.424 e. The third kappa shape index (κ3) is 3.60. The summed E-state index contributed by atoms with van der Waals surface area (Å²) in [6.45, 7) is 2.14. The van der Waals surface area contributed by atoms with Crippen molar-refractivity contribution in [2.75, 3.05) is 6.54 Å². The molecule has 3 aromatic rings. The molecule has 0 aromatic carbocycles. The molecule has 0 amide bonds. The Bertz CT molecular complexity index is 1010. The van der Waals surface area contributed by atoms with Crippen LogP contribution >= 0.6 is 0 Å². The lowest BCUT2D eigenvalue weighted by molar-refractivity contribution is 0.196. The van der Waals surface area contributed by atoms with Crippen molar-refractivity contribution in [1.29, 1.82) is 0 Å². The van der Waals surface area contributed by atoms with Crippen LogP contribution in [0.15, 0.2) is 45.9 Å². The average molecular weight is 378 g/mol. The summed E-state index contributed by atoms with van der Waals surface area (Å²) < 4.78 is 7.38. The fourth-order valence-electron chi connectivity index (χ4n) is 3.76. The minimum absolute atomic E-state index is 0.0895. The zero-order valence-corrected chi connectivity index (χ0v) is 15.6. The predicted octanol–water partition coefficient (Wildman–Crippen LogP) is 2.23. The SMILES string of the molecule is O=c1ccc(-c2cccnc2)nn1CC1CCCN1Cc1nnc(C2CC2)o1. The standard InChI is InChI=1S/C20H22N6O2/c27-19-8-7-17(15-3-1-9-21-11-15)24-26(19)12-16-4-2-10-25(16)13-18-22-23-20(28-18)14-5-6-14/h1,3,7-9,11,14,16H,2,4-6,10,12-13H2. The summed E-state index contributed by atoms with van der Waals surface area (Å²) in [5, 5.41) is 12.9. The van der Waals surface area contributed by atoms with Gasteiger partial charge in [0.15, 0.2) is 0 Å². The summed E-state index contributed by atoms with van der Waals surface area (Å²) in [4.78, 5) is 18.8. The number of rotatable bonds is 6. The smallest absolute Gasteiger partial charge is 0.266 e. The molecule has 28 heavy (non-hydrogen) atoms. The maximum absolute atomic E-state index is 12.4. The van der Waals surface area contributed by atoms with Crippen molar-refractivity contribution in [3.63, 3.8) is 0 Å². The highest BCUT2D eigenvalue weighted by Gasteiger charge is 2.31. The van der Waals surface area contributed by atoms with E-state index in [1.807, 2.05) is 12.1 Å². The third-order valence-corrected chi connectivity index (χ3v) is 5.45. The van der Waals surface area contributed by atoms with Gasteiger partial charge >= 0.3 is 0 Å². The van der Waals surface area contributed by atoms with Crippen LogP contribution in [0.5, 0.6) is 0 Å².